The fourth-order valence-electron chi connectivity index (χ4n) is 1.61. The van der Waals surface area contributed by atoms with E-state index in [-0.39, 0.29) is 6.10 Å². The van der Waals surface area contributed by atoms with Crippen LogP contribution in [0.4, 0.5) is 0 Å². The fraction of sp³-hybridized carbons (Fsp3) is 0.818. The highest BCUT2D eigenvalue weighted by Gasteiger charge is 2.17. The van der Waals surface area contributed by atoms with Crippen molar-refractivity contribution in [1.82, 2.24) is 20.3 Å². The van der Waals surface area contributed by atoms with Crippen LogP contribution in [0.5, 0.6) is 0 Å². The Morgan fingerprint density at radius 2 is 2.31 bits per heavy atom. The van der Waals surface area contributed by atoms with E-state index in [0.29, 0.717) is 6.04 Å². The number of rotatable bonds is 7. The zero-order valence-electron chi connectivity index (χ0n) is 10.6. The molecule has 0 aliphatic rings. The third-order valence-electron chi connectivity index (χ3n) is 2.67. The van der Waals surface area contributed by atoms with E-state index in [1.54, 1.807) is 11.8 Å². The molecule has 0 aliphatic heterocycles. The monoisotopic (exact) mass is 226 g/mol. The second-order valence-electron chi connectivity index (χ2n) is 4.09. The highest BCUT2D eigenvalue weighted by Crippen LogP contribution is 2.05. The molecule has 1 heterocycles. The molecule has 1 aromatic rings. The second kappa shape index (κ2) is 6.60. The van der Waals surface area contributed by atoms with Crippen LogP contribution in [0.2, 0.25) is 0 Å². The van der Waals surface area contributed by atoms with Gasteiger partial charge in [-0.2, -0.15) is 0 Å². The molecule has 5 heteroatoms. The Bertz CT molecular complexity index is 300. The summed E-state index contributed by atoms with van der Waals surface area (Å²) in [5.74, 6) is 0. The Labute approximate surface area is 97.2 Å². The first-order valence-electron chi connectivity index (χ1n) is 5.78. The molecule has 0 fully saturated rings. The van der Waals surface area contributed by atoms with Crippen LogP contribution in [0.3, 0.4) is 0 Å². The Balaban J connectivity index is 2.55. The van der Waals surface area contributed by atoms with Gasteiger partial charge in [-0.05, 0) is 19.9 Å². The lowest BCUT2D eigenvalue weighted by Crippen LogP contribution is -2.41. The van der Waals surface area contributed by atoms with Crippen molar-refractivity contribution in [2.75, 3.05) is 13.7 Å². The van der Waals surface area contributed by atoms with Crippen LogP contribution in [-0.4, -0.2) is 40.8 Å². The summed E-state index contributed by atoms with van der Waals surface area (Å²) >= 11 is 0. The lowest BCUT2D eigenvalue weighted by atomic mass is 10.1. The summed E-state index contributed by atoms with van der Waals surface area (Å²) < 4.78 is 7.10. The normalized spacial score (nSPS) is 15.0. The molecule has 5 nitrogen and oxygen atoms in total. The first kappa shape index (κ1) is 13.1. The van der Waals surface area contributed by atoms with Crippen LogP contribution >= 0.6 is 0 Å². The lowest BCUT2D eigenvalue weighted by Gasteiger charge is -2.23. The summed E-state index contributed by atoms with van der Waals surface area (Å²) in [6.07, 6.45) is 4.09. The summed E-state index contributed by atoms with van der Waals surface area (Å²) in [5, 5.41) is 11.5. The van der Waals surface area contributed by atoms with Crippen molar-refractivity contribution >= 4 is 0 Å². The van der Waals surface area contributed by atoms with Crippen molar-refractivity contribution in [2.45, 2.75) is 38.8 Å². The van der Waals surface area contributed by atoms with Crippen LogP contribution in [0.25, 0.3) is 0 Å². The Morgan fingerprint density at radius 3 is 2.81 bits per heavy atom. The lowest BCUT2D eigenvalue weighted by molar-refractivity contribution is 0.0827. The van der Waals surface area contributed by atoms with Gasteiger partial charge >= 0.3 is 0 Å². The molecule has 1 aromatic heterocycles. The van der Waals surface area contributed by atoms with E-state index in [1.165, 1.54) is 0 Å². The number of ether oxygens (including phenoxy) is 1. The van der Waals surface area contributed by atoms with E-state index in [1.807, 2.05) is 13.2 Å². The van der Waals surface area contributed by atoms with Crippen LogP contribution in [0, 0.1) is 0 Å². The van der Waals surface area contributed by atoms with E-state index < -0.39 is 0 Å². The van der Waals surface area contributed by atoms with Gasteiger partial charge in [-0.15, -0.1) is 5.10 Å². The minimum Gasteiger partial charge on any atom is -0.380 e. The van der Waals surface area contributed by atoms with Gasteiger partial charge in [0.25, 0.3) is 0 Å². The van der Waals surface area contributed by atoms with E-state index in [4.69, 9.17) is 4.74 Å². The fourth-order valence-corrected chi connectivity index (χ4v) is 1.61. The smallest absolute Gasteiger partial charge is 0.0843 e. The first-order chi connectivity index (χ1) is 7.67. The largest absolute Gasteiger partial charge is 0.380 e. The second-order valence-corrected chi connectivity index (χ2v) is 4.09. The zero-order valence-corrected chi connectivity index (χ0v) is 10.6. The average Bonchev–Trinajstić information content (AvgIpc) is 2.69. The maximum absolute atomic E-state index is 5.37. The number of hydrogen-bond donors (Lipinski definition) is 1. The Morgan fingerprint density at radius 1 is 1.56 bits per heavy atom. The molecule has 0 spiro atoms. The molecule has 2 unspecified atom stereocenters. The van der Waals surface area contributed by atoms with Crippen molar-refractivity contribution in [3.8, 4) is 0 Å². The van der Waals surface area contributed by atoms with Crippen molar-refractivity contribution < 1.29 is 4.74 Å². The minimum absolute atomic E-state index is 0.175. The van der Waals surface area contributed by atoms with Gasteiger partial charge in [0.2, 0.25) is 0 Å². The number of aryl methyl sites for hydroxylation is 1. The van der Waals surface area contributed by atoms with Crippen molar-refractivity contribution in [3.63, 3.8) is 0 Å². The molecule has 0 aromatic carbocycles. The third kappa shape index (κ3) is 3.90. The van der Waals surface area contributed by atoms with Gasteiger partial charge in [0, 0.05) is 32.8 Å². The molecule has 0 aliphatic carbocycles. The highest BCUT2D eigenvalue weighted by atomic mass is 16.5. The van der Waals surface area contributed by atoms with Gasteiger partial charge in [0.15, 0.2) is 0 Å². The zero-order chi connectivity index (χ0) is 12.0. The van der Waals surface area contributed by atoms with Gasteiger partial charge in [-0.1, -0.05) is 12.1 Å². The molecule has 92 valence electrons. The minimum atomic E-state index is 0.175. The van der Waals surface area contributed by atoms with E-state index in [2.05, 4.69) is 29.5 Å². The van der Waals surface area contributed by atoms with Gasteiger partial charge in [-0.3, -0.25) is 4.68 Å². The SMILES string of the molecule is CCCNC(Cc1cn(C)nn1)C(C)OC. The molecule has 0 amide bonds. The van der Waals surface area contributed by atoms with Crippen LogP contribution in [0.15, 0.2) is 6.20 Å². The van der Waals surface area contributed by atoms with Crippen molar-refractivity contribution in [3.05, 3.63) is 11.9 Å². The topological polar surface area (TPSA) is 52.0 Å². The summed E-state index contributed by atoms with van der Waals surface area (Å²) in [7, 11) is 3.62. The summed E-state index contributed by atoms with van der Waals surface area (Å²) in [4.78, 5) is 0. The molecular formula is C11H22N4O. The number of nitrogens with zero attached hydrogens (tertiary/aromatic N) is 3. The quantitative estimate of drug-likeness (QED) is 0.746. The van der Waals surface area contributed by atoms with E-state index >= 15 is 0 Å². The molecule has 1 rings (SSSR count). The average molecular weight is 226 g/mol. The Hall–Kier alpha value is -0.940. The first-order valence-corrected chi connectivity index (χ1v) is 5.78. The standard InChI is InChI=1S/C11H22N4O/c1-5-6-12-11(9(2)16-4)7-10-8-15(3)14-13-10/h8-9,11-12H,5-7H2,1-4H3. The van der Waals surface area contributed by atoms with Crippen LogP contribution in [0.1, 0.15) is 26.0 Å². The van der Waals surface area contributed by atoms with Crippen molar-refractivity contribution in [2.24, 2.45) is 7.05 Å². The summed E-state index contributed by atoms with van der Waals surface area (Å²) in [5.41, 5.74) is 1.00. The molecule has 0 saturated heterocycles. The highest BCUT2D eigenvalue weighted by molar-refractivity contribution is 4.97. The molecule has 1 N–H and O–H groups in total. The molecule has 16 heavy (non-hydrogen) atoms. The molecule has 0 bridgehead atoms. The maximum atomic E-state index is 5.37. The van der Waals surface area contributed by atoms with Gasteiger partial charge in [-0.25, -0.2) is 0 Å². The molecular weight excluding hydrogens is 204 g/mol. The molecule has 2 atom stereocenters. The van der Waals surface area contributed by atoms with Crippen LogP contribution < -0.4 is 5.32 Å². The molecule has 0 saturated carbocycles. The number of nitrogens with one attached hydrogen (secondary N) is 1. The van der Waals surface area contributed by atoms with Gasteiger partial charge < -0.3 is 10.1 Å². The summed E-state index contributed by atoms with van der Waals surface area (Å²) in [6.45, 7) is 5.23. The molecule has 0 radical (unpaired) electrons. The third-order valence-corrected chi connectivity index (χ3v) is 2.67. The number of aromatic nitrogens is 3. The number of hydrogen-bond acceptors (Lipinski definition) is 4. The van der Waals surface area contributed by atoms with E-state index in [0.717, 1.165) is 25.1 Å². The van der Waals surface area contributed by atoms with Gasteiger partial charge in [0.05, 0.1) is 11.8 Å². The van der Waals surface area contributed by atoms with E-state index in [9.17, 15) is 0 Å². The predicted molar refractivity (Wildman–Crippen MR) is 63.3 cm³/mol. The van der Waals surface area contributed by atoms with Gasteiger partial charge in [0.1, 0.15) is 0 Å². The summed E-state index contributed by atoms with van der Waals surface area (Å²) in [6, 6.07) is 0.293. The maximum Gasteiger partial charge on any atom is 0.0843 e. The number of methoxy groups -OCH3 is 1. The Kier molecular flexibility index (Phi) is 5.42. The van der Waals surface area contributed by atoms with Crippen LogP contribution in [-0.2, 0) is 18.2 Å². The predicted octanol–water partition coefficient (Wildman–Crippen LogP) is 0.761. The van der Waals surface area contributed by atoms with Crippen molar-refractivity contribution in [1.29, 1.82) is 0 Å².